The van der Waals surface area contributed by atoms with Crippen LogP contribution >= 0.6 is 23.2 Å². The van der Waals surface area contributed by atoms with Gasteiger partial charge in [0, 0.05) is 36.0 Å². The van der Waals surface area contributed by atoms with E-state index >= 15 is 0 Å². The van der Waals surface area contributed by atoms with Gasteiger partial charge >= 0.3 is 5.69 Å². The van der Waals surface area contributed by atoms with Gasteiger partial charge in [-0.1, -0.05) is 23.2 Å². The third kappa shape index (κ3) is 3.46. The molecule has 0 radical (unpaired) electrons. The van der Waals surface area contributed by atoms with Crippen molar-refractivity contribution in [1.29, 1.82) is 0 Å². The summed E-state index contributed by atoms with van der Waals surface area (Å²) in [6, 6.07) is 3.32. The van der Waals surface area contributed by atoms with Crippen LogP contribution < -0.4 is 11.2 Å². The molecule has 2 aromatic rings. The van der Waals surface area contributed by atoms with E-state index < -0.39 is 16.2 Å². The molecule has 0 amide bonds. The molecule has 0 saturated heterocycles. The smallest absolute Gasteiger partial charge is 0.296 e. The van der Waals surface area contributed by atoms with Gasteiger partial charge in [-0.2, -0.15) is 0 Å². The summed E-state index contributed by atoms with van der Waals surface area (Å²) in [6.07, 6.45) is 1.34. The second-order valence-corrected chi connectivity index (χ2v) is 5.99. The molecule has 9 heteroatoms. The van der Waals surface area contributed by atoms with Crippen LogP contribution in [0.4, 0.5) is 5.69 Å². The van der Waals surface area contributed by atoms with Crippen LogP contribution in [0.1, 0.15) is 25.5 Å². The Balaban J connectivity index is 2.53. The molecule has 0 N–H and O–H groups in total. The van der Waals surface area contributed by atoms with Crippen molar-refractivity contribution in [3.8, 4) is 0 Å². The van der Waals surface area contributed by atoms with Gasteiger partial charge in [-0.25, -0.2) is 4.79 Å². The highest BCUT2D eigenvalue weighted by atomic mass is 35.5. The number of rotatable bonds is 4. The molecule has 0 unspecified atom stereocenters. The zero-order chi connectivity index (χ0) is 17.3. The highest BCUT2D eigenvalue weighted by molar-refractivity contribution is 6.36. The average molecular weight is 358 g/mol. The maximum Gasteiger partial charge on any atom is 0.331 e. The number of hydrogen-bond acceptors (Lipinski definition) is 4. The molecule has 2 rings (SSSR count). The Morgan fingerprint density at radius 2 is 1.78 bits per heavy atom. The fourth-order valence-electron chi connectivity index (χ4n) is 2.14. The topological polar surface area (TPSA) is 87.1 Å². The van der Waals surface area contributed by atoms with Gasteiger partial charge in [-0.15, -0.1) is 0 Å². The van der Waals surface area contributed by atoms with E-state index in [2.05, 4.69) is 0 Å². The summed E-state index contributed by atoms with van der Waals surface area (Å²) in [7, 11) is 0. The highest BCUT2D eigenvalue weighted by Crippen LogP contribution is 2.30. The van der Waals surface area contributed by atoms with Crippen molar-refractivity contribution < 1.29 is 4.92 Å². The third-order valence-corrected chi connectivity index (χ3v) is 3.94. The summed E-state index contributed by atoms with van der Waals surface area (Å²) in [5.41, 5.74) is -0.765. The molecule has 0 bridgehead atoms. The second kappa shape index (κ2) is 6.55. The van der Waals surface area contributed by atoms with Gasteiger partial charge in [0.1, 0.15) is 0 Å². The Bertz CT molecular complexity index is 863. The normalized spacial score (nSPS) is 11.0. The van der Waals surface area contributed by atoms with E-state index in [9.17, 15) is 19.7 Å². The maximum absolute atomic E-state index is 12.4. The van der Waals surface area contributed by atoms with E-state index in [0.717, 1.165) is 4.57 Å². The minimum atomic E-state index is -0.605. The zero-order valence-corrected chi connectivity index (χ0v) is 13.8. The van der Waals surface area contributed by atoms with Gasteiger partial charge in [0.05, 0.1) is 21.5 Å². The van der Waals surface area contributed by atoms with Crippen LogP contribution in [0, 0.1) is 10.1 Å². The Morgan fingerprint density at radius 1 is 1.22 bits per heavy atom. The molecule has 1 heterocycles. The summed E-state index contributed by atoms with van der Waals surface area (Å²) in [6.45, 7) is 3.44. The van der Waals surface area contributed by atoms with Crippen LogP contribution in [0.2, 0.25) is 10.0 Å². The van der Waals surface area contributed by atoms with Crippen molar-refractivity contribution in [3.05, 3.63) is 71.0 Å². The van der Waals surface area contributed by atoms with Gasteiger partial charge < -0.3 is 0 Å². The molecule has 0 atom stereocenters. The lowest BCUT2D eigenvalue weighted by Gasteiger charge is -2.13. The standard InChI is InChI=1S/C14H13Cl2N3O4/c1-8(2)18-13(20)3-4-17(14(18)21)7-10-11(15)5-9(19(22)23)6-12(10)16/h3-6,8H,7H2,1-2H3. The highest BCUT2D eigenvalue weighted by Gasteiger charge is 2.16. The van der Waals surface area contributed by atoms with Crippen LogP contribution in [-0.4, -0.2) is 14.1 Å². The quantitative estimate of drug-likeness (QED) is 0.621. The largest absolute Gasteiger partial charge is 0.331 e. The molecular weight excluding hydrogens is 345 g/mol. The molecule has 1 aromatic heterocycles. The van der Waals surface area contributed by atoms with E-state index in [0.29, 0.717) is 5.56 Å². The van der Waals surface area contributed by atoms with Gasteiger partial charge in [-0.3, -0.25) is 24.0 Å². The first-order valence-corrected chi connectivity index (χ1v) is 7.42. The van der Waals surface area contributed by atoms with Crippen molar-refractivity contribution in [3.63, 3.8) is 0 Å². The van der Waals surface area contributed by atoms with Gasteiger partial charge in [0.25, 0.3) is 11.2 Å². The fourth-order valence-corrected chi connectivity index (χ4v) is 2.74. The Hall–Kier alpha value is -2.12. The lowest BCUT2D eigenvalue weighted by molar-refractivity contribution is -0.384. The van der Waals surface area contributed by atoms with Gasteiger partial charge in [-0.05, 0) is 13.8 Å². The van der Waals surface area contributed by atoms with E-state index in [1.54, 1.807) is 13.8 Å². The summed E-state index contributed by atoms with van der Waals surface area (Å²) in [5.74, 6) is 0. The molecule has 0 spiro atoms. The molecule has 0 fully saturated rings. The third-order valence-electron chi connectivity index (χ3n) is 3.27. The van der Waals surface area contributed by atoms with Crippen molar-refractivity contribution in [1.82, 2.24) is 9.13 Å². The van der Waals surface area contributed by atoms with E-state index in [4.69, 9.17) is 23.2 Å². The minimum absolute atomic E-state index is 0.00148. The number of nitro groups is 1. The van der Waals surface area contributed by atoms with Crippen molar-refractivity contribution in [2.75, 3.05) is 0 Å². The molecule has 0 aliphatic carbocycles. The first-order valence-electron chi connectivity index (χ1n) is 6.66. The minimum Gasteiger partial charge on any atom is -0.296 e. The Morgan fingerprint density at radius 3 is 2.26 bits per heavy atom. The molecule has 122 valence electrons. The summed E-state index contributed by atoms with van der Waals surface area (Å²) in [5, 5.41) is 10.9. The molecule has 1 aromatic carbocycles. The molecular formula is C14H13Cl2N3O4. The van der Waals surface area contributed by atoms with Gasteiger partial charge in [0.15, 0.2) is 0 Å². The van der Waals surface area contributed by atoms with Gasteiger partial charge in [0.2, 0.25) is 0 Å². The zero-order valence-electron chi connectivity index (χ0n) is 12.3. The predicted octanol–water partition coefficient (Wildman–Crippen LogP) is 2.85. The molecule has 0 saturated carbocycles. The Labute approximate surface area is 140 Å². The van der Waals surface area contributed by atoms with Crippen LogP contribution in [-0.2, 0) is 6.54 Å². The monoisotopic (exact) mass is 357 g/mol. The van der Waals surface area contributed by atoms with Crippen LogP contribution in [0.25, 0.3) is 0 Å². The number of non-ortho nitro benzene ring substituents is 1. The molecule has 7 nitrogen and oxygen atoms in total. The summed E-state index contributed by atoms with van der Waals surface area (Å²) >= 11 is 12.1. The van der Waals surface area contributed by atoms with Crippen molar-refractivity contribution >= 4 is 28.9 Å². The van der Waals surface area contributed by atoms with Crippen molar-refractivity contribution in [2.24, 2.45) is 0 Å². The van der Waals surface area contributed by atoms with Crippen LogP contribution in [0.5, 0.6) is 0 Å². The number of hydrogen-bond donors (Lipinski definition) is 0. The lowest BCUT2D eigenvalue weighted by atomic mass is 10.2. The van der Waals surface area contributed by atoms with Crippen molar-refractivity contribution in [2.45, 2.75) is 26.4 Å². The number of nitro benzene ring substituents is 1. The molecule has 23 heavy (non-hydrogen) atoms. The Kier molecular flexibility index (Phi) is 4.91. The van der Waals surface area contributed by atoms with E-state index in [-0.39, 0.29) is 28.3 Å². The second-order valence-electron chi connectivity index (χ2n) is 5.17. The maximum atomic E-state index is 12.4. The number of benzene rings is 1. The lowest BCUT2D eigenvalue weighted by Crippen LogP contribution is -2.40. The molecule has 0 aliphatic rings. The number of aromatic nitrogens is 2. The van der Waals surface area contributed by atoms with E-state index in [1.165, 1.54) is 29.0 Å². The van der Waals surface area contributed by atoms with E-state index in [1.807, 2.05) is 0 Å². The number of nitrogens with zero attached hydrogens (tertiary/aromatic N) is 3. The SMILES string of the molecule is CC(C)n1c(=O)ccn(Cc2c(Cl)cc([N+](=O)[O-])cc2Cl)c1=O. The summed E-state index contributed by atoms with van der Waals surface area (Å²) < 4.78 is 2.38. The number of halogens is 2. The fraction of sp³-hybridized carbons (Fsp3) is 0.286. The van der Waals surface area contributed by atoms with Crippen LogP contribution in [0.15, 0.2) is 34.0 Å². The summed E-state index contributed by atoms with van der Waals surface area (Å²) in [4.78, 5) is 34.3. The predicted molar refractivity (Wildman–Crippen MR) is 87.6 cm³/mol. The average Bonchev–Trinajstić information content (AvgIpc) is 2.44. The first kappa shape index (κ1) is 17.2. The van der Waals surface area contributed by atoms with Crippen LogP contribution in [0.3, 0.4) is 0 Å². The first-order chi connectivity index (χ1) is 10.7. The molecule has 0 aliphatic heterocycles.